The predicted octanol–water partition coefficient (Wildman–Crippen LogP) is 2.04. The van der Waals surface area contributed by atoms with Gasteiger partial charge in [-0.1, -0.05) is 0 Å². The molecule has 0 amide bonds. The molecule has 3 nitrogen and oxygen atoms in total. The van der Waals surface area contributed by atoms with Crippen molar-refractivity contribution in [3.63, 3.8) is 0 Å². The van der Waals surface area contributed by atoms with Gasteiger partial charge in [0, 0.05) is 3.57 Å². The van der Waals surface area contributed by atoms with Crippen LogP contribution < -0.4 is 0 Å². The zero-order valence-electron chi connectivity index (χ0n) is 6.00. The van der Waals surface area contributed by atoms with Crippen molar-refractivity contribution in [1.29, 1.82) is 5.26 Å². The Morgan fingerprint density at radius 3 is 3.08 bits per heavy atom. The Labute approximate surface area is 82.6 Å². The molecule has 1 N–H and O–H groups in total. The first-order chi connectivity index (χ1) is 5.81. The molecule has 0 saturated heterocycles. The molecule has 0 saturated carbocycles. The highest BCUT2D eigenvalue weighted by Crippen LogP contribution is 2.18. The van der Waals surface area contributed by atoms with Crippen molar-refractivity contribution in [3.05, 3.63) is 27.6 Å². The summed E-state index contributed by atoms with van der Waals surface area (Å²) in [6, 6.07) is 5.72. The van der Waals surface area contributed by atoms with Gasteiger partial charge in [0.15, 0.2) is 0 Å². The van der Waals surface area contributed by atoms with Gasteiger partial charge in [-0.25, -0.2) is 4.98 Å². The second-order valence-electron chi connectivity index (χ2n) is 2.37. The fourth-order valence-electron chi connectivity index (χ4n) is 1.07. The van der Waals surface area contributed by atoms with E-state index in [0.717, 1.165) is 14.6 Å². The van der Waals surface area contributed by atoms with E-state index < -0.39 is 0 Å². The molecule has 1 heterocycles. The van der Waals surface area contributed by atoms with Crippen LogP contribution in [0.1, 0.15) is 5.56 Å². The van der Waals surface area contributed by atoms with Gasteiger partial charge < -0.3 is 4.98 Å². The summed E-state index contributed by atoms with van der Waals surface area (Å²) in [5.41, 5.74) is 2.50. The van der Waals surface area contributed by atoms with Gasteiger partial charge in [-0.05, 0) is 34.7 Å². The molecule has 0 aliphatic heterocycles. The summed E-state index contributed by atoms with van der Waals surface area (Å²) >= 11 is 2.17. The normalized spacial score (nSPS) is 10.0. The number of hydrogen-bond acceptors (Lipinski definition) is 2. The quantitative estimate of drug-likeness (QED) is 0.744. The van der Waals surface area contributed by atoms with Gasteiger partial charge in [-0.3, -0.25) is 0 Å². The number of aromatic nitrogens is 2. The van der Waals surface area contributed by atoms with Crippen molar-refractivity contribution in [2.75, 3.05) is 0 Å². The summed E-state index contributed by atoms with van der Waals surface area (Å²) in [7, 11) is 0. The molecule has 58 valence electrons. The summed E-state index contributed by atoms with van der Waals surface area (Å²) in [5.74, 6) is 0. The Kier molecular flexibility index (Phi) is 1.73. The summed E-state index contributed by atoms with van der Waals surface area (Å²) < 4.78 is 1.00. The van der Waals surface area contributed by atoms with E-state index in [1.165, 1.54) is 0 Å². The number of nitrogens with zero attached hydrogens (tertiary/aromatic N) is 2. The molecule has 0 radical (unpaired) electrons. The van der Waals surface area contributed by atoms with Crippen LogP contribution in [-0.2, 0) is 0 Å². The Morgan fingerprint density at radius 1 is 1.50 bits per heavy atom. The molecule has 0 fully saturated rings. The van der Waals surface area contributed by atoms with Gasteiger partial charge in [0.1, 0.15) is 5.52 Å². The molecule has 0 atom stereocenters. The Hall–Kier alpha value is -1.09. The molecule has 12 heavy (non-hydrogen) atoms. The number of fused-ring (bicyclic) bond motifs is 1. The highest BCUT2D eigenvalue weighted by atomic mass is 127. The number of aromatic amines is 1. The van der Waals surface area contributed by atoms with Gasteiger partial charge in [-0.2, -0.15) is 5.26 Å². The van der Waals surface area contributed by atoms with E-state index in [2.05, 4.69) is 38.6 Å². The first-order valence-electron chi connectivity index (χ1n) is 3.34. The van der Waals surface area contributed by atoms with Gasteiger partial charge in [0.05, 0.1) is 23.5 Å². The first kappa shape index (κ1) is 7.55. The van der Waals surface area contributed by atoms with Crippen LogP contribution in [0.15, 0.2) is 18.5 Å². The number of imidazole rings is 1. The smallest absolute Gasteiger partial charge is 0.102 e. The van der Waals surface area contributed by atoms with Crippen molar-refractivity contribution >= 4 is 33.6 Å². The molecular formula is C8H4IN3. The zero-order chi connectivity index (χ0) is 8.55. The topological polar surface area (TPSA) is 52.5 Å². The van der Waals surface area contributed by atoms with Crippen LogP contribution >= 0.6 is 22.6 Å². The summed E-state index contributed by atoms with van der Waals surface area (Å²) in [6.07, 6.45) is 1.63. The Morgan fingerprint density at radius 2 is 2.33 bits per heavy atom. The van der Waals surface area contributed by atoms with Crippen molar-refractivity contribution in [2.24, 2.45) is 0 Å². The van der Waals surface area contributed by atoms with Gasteiger partial charge in [-0.15, -0.1) is 0 Å². The van der Waals surface area contributed by atoms with E-state index in [1.807, 2.05) is 6.07 Å². The van der Waals surface area contributed by atoms with Gasteiger partial charge in [0.2, 0.25) is 0 Å². The molecule has 0 aliphatic carbocycles. The highest BCUT2D eigenvalue weighted by molar-refractivity contribution is 14.1. The monoisotopic (exact) mass is 269 g/mol. The lowest BCUT2D eigenvalue weighted by atomic mass is 10.2. The summed E-state index contributed by atoms with van der Waals surface area (Å²) in [4.78, 5) is 7.09. The maximum atomic E-state index is 8.67. The summed E-state index contributed by atoms with van der Waals surface area (Å²) in [6.45, 7) is 0. The van der Waals surface area contributed by atoms with Gasteiger partial charge in [0.25, 0.3) is 0 Å². The number of hydrogen-bond donors (Lipinski definition) is 1. The molecule has 2 rings (SSSR count). The van der Waals surface area contributed by atoms with Crippen LogP contribution in [0, 0.1) is 14.9 Å². The SMILES string of the molecule is N#Cc1cc(I)c2nc[nH]c2c1. The standard InChI is InChI=1S/C8H4IN3/c9-6-1-5(3-10)2-7-8(6)12-4-11-7/h1-2,4H,(H,11,12). The predicted molar refractivity (Wildman–Crippen MR) is 53.5 cm³/mol. The molecule has 0 unspecified atom stereocenters. The van der Waals surface area contributed by atoms with Crippen LogP contribution in [0.2, 0.25) is 0 Å². The molecule has 0 bridgehead atoms. The Bertz CT molecular complexity index is 467. The fourth-order valence-corrected chi connectivity index (χ4v) is 1.84. The summed E-state index contributed by atoms with van der Waals surface area (Å²) in [5, 5.41) is 8.67. The maximum absolute atomic E-state index is 8.67. The van der Waals surface area contributed by atoms with E-state index in [0.29, 0.717) is 5.56 Å². The van der Waals surface area contributed by atoms with Crippen LogP contribution in [0.4, 0.5) is 0 Å². The average Bonchev–Trinajstić information content (AvgIpc) is 2.52. The number of nitriles is 1. The van der Waals surface area contributed by atoms with Crippen LogP contribution in [-0.4, -0.2) is 9.97 Å². The number of benzene rings is 1. The minimum Gasteiger partial charge on any atom is -0.345 e. The maximum Gasteiger partial charge on any atom is 0.102 e. The Balaban J connectivity index is 2.86. The number of nitrogens with one attached hydrogen (secondary N) is 1. The minimum absolute atomic E-state index is 0.663. The second-order valence-corrected chi connectivity index (χ2v) is 3.53. The second kappa shape index (κ2) is 2.75. The number of rotatable bonds is 0. The van der Waals surface area contributed by atoms with Crippen molar-refractivity contribution in [3.8, 4) is 6.07 Å². The highest BCUT2D eigenvalue weighted by Gasteiger charge is 2.02. The molecule has 0 aliphatic rings. The lowest BCUT2D eigenvalue weighted by Crippen LogP contribution is -1.80. The third-order valence-corrected chi connectivity index (χ3v) is 2.43. The fraction of sp³-hybridized carbons (Fsp3) is 0. The third kappa shape index (κ3) is 1.06. The number of H-pyrrole nitrogens is 1. The first-order valence-corrected chi connectivity index (χ1v) is 4.42. The van der Waals surface area contributed by atoms with Crippen LogP contribution in [0.25, 0.3) is 11.0 Å². The molecule has 1 aromatic heterocycles. The van der Waals surface area contributed by atoms with E-state index >= 15 is 0 Å². The lowest BCUT2D eigenvalue weighted by molar-refractivity contribution is 1.34. The van der Waals surface area contributed by atoms with Crippen LogP contribution in [0.5, 0.6) is 0 Å². The largest absolute Gasteiger partial charge is 0.345 e. The molecule has 4 heteroatoms. The van der Waals surface area contributed by atoms with E-state index in [-0.39, 0.29) is 0 Å². The lowest BCUT2D eigenvalue weighted by Gasteiger charge is -1.92. The minimum atomic E-state index is 0.663. The van der Waals surface area contributed by atoms with Crippen LogP contribution in [0.3, 0.4) is 0 Å². The molecular weight excluding hydrogens is 265 g/mol. The third-order valence-electron chi connectivity index (χ3n) is 1.61. The average molecular weight is 269 g/mol. The van der Waals surface area contributed by atoms with Crippen molar-refractivity contribution < 1.29 is 0 Å². The number of halogens is 1. The van der Waals surface area contributed by atoms with E-state index in [9.17, 15) is 0 Å². The molecule has 2 aromatic rings. The molecule has 1 aromatic carbocycles. The van der Waals surface area contributed by atoms with Gasteiger partial charge >= 0.3 is 0 Å². The van der Waals surface area contributed by atoms with E-state index in [4.69, 9.17) is 5.26 Å². The van der Waals surface area contributed by atoms with Crippen molar-refractivity contribution in [1.82, 2.24) is 9.97 Å². The van der Waals surface area contributed by atoms with Crippen molar-refractivity contribution in [2.45, 2.75) is 0 Å². The van der Waals surface area contributed by atoms with E-state index in [1.54, 1.807) is 12.4 Å². The zero-order valence-corrected chi connectivity index (χ0v) is 8.16. The molecule has 0 spiro atoms.